The zero-order valence-corrected chi connectivity index (χ0v) is 14.2. The van der Waals surface area contributed by atoms with Crippen molar-refractivity contribution in [3.63, 3.8) is 0 Å². The van der Waals surface area contributed by atoms with Crippen LogP contribution >= 0.6 is 0 Å². The smallest absolute Gasteiger partial charge is 0.128 e. The molecule has 1 saturated heterocycles. The summed E-state index contributed by atoms with van der Waals surface area (Å²) in [7, 11) is 0. The highest BCUT2D eigenvalue weighted by atomic mass is 32.2. The minimum atomic E-state index is -2.33. The van der Waals surface area contributed by atoms with Gasteiger partial charge in [-0.05, 0) is 24.1 Å². The summed E-state index contributed by atoms with van der Waals surface area (Å²) in [6, 6.07) is 13.5. The average molecular weight is 346 g/mol. The van der Waals surface area contributed by atoms with E-state index in [4.69, 9.17) is 4.74 Å². The second-order valence-corrected chi connectivity index (χ2v) is 6.40. The number of anilines is 2. The molecule has 2 heterocycles. The van der Waals surface area contributed by atoms with Crippen LogP contribution in [-0.4, -0.2) is 46.6 Å². The molecular formula is C17H20N3O3S-. The molecule has 1 aliphatic rings. The number of rotatable bonds is 6. The van der Waals surface area contributed by atoms with E-state index in [2.05, 4.69) is 9.88 Å². The third-order valence-corrected chi connectivity index (χ3v) is 4.73. The molecule has 0 bridgehead atoms. The summed E-state index contributed by atoms with van der Waals surface area (Å²) in [5, 5.41) is 0. The van der Waals surface area contributed by atoms with E-state index in [9.17, 15) is 8.76 Å². The Labute approximate surface area is 144 Å². The van der Waals surface area contributed by atoms with Crippen molar-refractivity contribution in [1.82, 2.24) is 4.98 Å². The first-order chi connectivity index (χ1) is 11.7. The molecule has 1 aromatic heterocycles. The van der Waals surface area contributed by atoms with Gasteiger partial charge in [0, 0.05) is 30.9 Å². The molecule has 1 aromatic carbocycles. The number of ether oxygens (including phenoxy) is 1. The van der Waals surface area contributed by atoms with Crippen LogP contribution in [0.15, 0.2) is 48.7 Å². The summed E-state index contributed by atoms with van der Waals surface area (Å²) in [6.07, 6.45) is 2.27. The Morgan fingerprint density at radius 2 is 1.92 bits per heavy atom. The van der Waals surface area contributed by atoms with Gasteiger partial charge in [0.25, 0.3) is 0 Å². The molecule has 0 aliphatic carbocycles. The van der Waals surface area contributed by atoms with Crippen molar-refractivity contribution in [2.45, 2.75) is 6.42 Å². The van der Waals surface area contributed by atoms with Gasteiger partial charge in [0.2, 0.25) is 0 Å². The summed E-state index contributed by atoms with van der Waals surface area (Å²) in [5.74, 6) is 0.849. The molecule has 7 heteroatoms. The van der Waals surface area contributed by atoms with E-state index in [1.54, 1.807) is 12.3 Å². The Bertz CT molecular complexity index is 661. The number of morpholine rings is 1. The third kappa shape index (κ3) is 4.31. The monoisotopic (exact) mass is 346 g/mol. The Hall–Kier alpha value is -1.96. The lowest BCUT2D eigenvalue weighted by Crippen LogP contribution is -2.36. The van der Waals surface area contributed by atoms with Crippen LogP contribution in [0.3, 0.4) is 0 Å². The maximum atomic E-state index is 11.6. The van der Waals surface area contributed by atoms with Crippen molar-refractivity contribution in [3.8, 4) is 0 Å². The lowest BCUT2D eigenvalue weighted by Gasteiger charge is -2.29. The predicted molar refractivity (Wildman–Crippen MR) is 93.7 cm³/mol. The molecule has 0 amide bonds. The van der Waals surface area contributed by atoms with Crippen molar-refractivity contribution in [3.05, 3.63) is 54.2 Å². The second-order valence-electron chi connectivity index (χ2n) is 5.53. The zero-order chi connectivity index (χ0) is 16.8. The Kier molecular flexibility index (Phi) is 5.79. The second kappa shape index (κ2) is 8.23. The molecule has 1 fully saturated rings. The molecule has 3 rings (SSSR count). The summed E-state index contributed by atoms with van der Waals surface area (Å²) >= 11 is -2.33. The fourth-order valence-electron chi connectivity index (χ4n) is 2.67. The van der Waals surface area contributed by atoms with E-state index in [0.29, 0.717) is 31.9 Å². The van der Waals surface area contributed by atoms with Crippen LogP contribution in [0.1, 0.15) is 5.56 Å². The molecule has 0 N–H and O–H groups in total. The van der Waals surface area contributed by atoms with Crippen molar-refractivity contribution in [1.29, 1.82) is 0 Å². The largest absolute Gasteiger partial charge is 0.755 e. The van der Waals surface area contributed by atoms with Crippen LogP contribution < -0.4 is 9.21 Å². The molecule has 24 heavy (non-hydrogen) atoms. The minimum absolute atomic E-state index is 0.388. The molecule has 0 spiro atoms. The van der Waals surface area contributed by atoms with Gasteiger partial charge in [-0.2, -0.15) is 0 Å². The van der Waals surface area contributed by atoms with Gasteiger partial charge in [-0.15, -0.1) is 0 Å². The summed E-state index contributed by atoms with van der Waals surface area (Å²) in [6.45, 7) is 3.38. The Morgan fingerprint density at radius 1 is 1.17 bits per heavy atom. The van der Waals surface area contributed by atoms with E-state index in [0.717, 1.165) is 24.5 Å². The van der Waals surface area contributed by atoms with Crippen LogP contribution in [0, 0.1) is 0 Å². The molecule has 0 radical (unpaired) electrons. The predicted octanol–water partition coefficient (Wildman–Crippen LogP) is 1.76. The van der Waals surface area contributed by atoms with E-state index in [-0.39, 0.29) is 0 Å². The molecule has 128 valence electrons. The van der Waals surface area contributed by atoms with Crippen LogP contribution in [0.5, 0.6) is 0 Å². The lowest BCUT2D eigenvalue weighted by molar-refractivity contribution is 0.122. The van der Waals surface area contributed by atoms with Gasteiger partial charge in [0.1, 0.15) is 5.82 Å². The molecule has 1 atom stereocenters. The van der Waals surface area contributed by atoms with Gasteiger partial charge in [-0.25, -0.2) is 4.98 Å². The van der Waals surface area contributed by atoms with E-state index in [1.165, 1.54) is 4.31 Å². The maximum Gasteiger partial charge on any atom is 0.128 e. The van der Waals surface area contributed by atoms with Crippen molar-refractivity contribution >= 4 is 22.8 Å². The van der Waals surface area contributed by atoms with Crippen LogP contribution in [-0.2, 0) is 22.4 Å². The summed E-state index contributed by atoms with van der Waals surface area (Å²) in [4.78, 5) is 6.55. The zero-order valence-electron chi connectivity index (χ0n) is 13.3. The molecule has 0 saturated carbocycles. The number of hydrogen-bond donors (Lipinski definition) is 0. The number of aromatic nitrogens is 1. The fourth-order valence-corrected chi connectivity index (χ4v) is 3.19. The highest BCUT2D eigenvalue weighted by molar-refractivity contribution is 7.80. The third-order valence-electron chi connectivity index (χ3n) is 3.98. The summed E-state index contributed by atoms with van der Waals surface area (Å²) < 4.78 is 29.8. The average Bonchev–Trinajstić information content (AvgIpc) is 2.64. The number of hydrogen-bond acceptors (Lipinski definition) is 5. The van der Waals surface area contributed by atoms with Gasteiger partial charge in [-0.3, -0.25) is 4.21 Å². The Balaban J connectivity index is 1.68. The quantitative estimate of drug-likeness (QED) is 0.746. The first-order valence-corrected chi connectivity index (χ1v) is 8.97. The van der Waals surface area contributed by atoms with Gasteiger partial charge >= 0.3 is 0 Å². The summed E-state index contributed by atoms with van der Waals surface area (Å²) in [5.41, 5.74) is 1.68. The van der Waals surface area contributed by atoms with Crippen molar-refractivity contribution < 1.29 is 13.5 Å². The number of nitrogens with zero attached hydrogens (tertiary/aromatic N) is 3. The highest BCUT2D eigenvalue weighted by Gasteiger charge is 2.13. The molecule has 1 unspecified atom stereocenters. The van der Waals surface area contributed by atoms with Crippen molar-refractivity contribution in [2.24, 2.45) is 0 Å². The van der Waals surface area contributed by atoms with Gasteiger partial charge in [0.15, 0.2) is 0 Å². The van der Waals surface area contributed by atoms with E-state index in [1.807, 2.05) is 36.4 Å². The van der Waals surface area contributed by atoms with Crippen LogP contribution in [0.2, 0.25) is 0 Å². The number of benzene rings is 1. The first kappa shape index (κ1) is 16.9. The first-order valence-electron chi connectivity index (χ1n) is 7.93. The standard InChI is InChI=1S/C17H21N3O3S/c21-24(22)20(9-8-15-4-2-1-3-5-15)16-6-7-17(18-14-16)19-10-12-23-13-11-19/h1-7,14H,8-13H2,(H,21,22)/p-1. The van der Waals surface area contributed by atoms with Crippen LogP contribution in [0.25, 0.3) is 0 Å². The SMILES string of the molecule is O=S([O-])N(CCc1ccccc1)c1ccc(N2CCOCC2)nc1. The molecule has 6 nitrogen and oxygen atoms in total. The van der Waals surface area contributed by atoms with Crippen LogP contribution in [0.4, 0.5) is 11.5 Å². The minimum Gasteiger partial charge on any atom is -0.755 e. The maximum absolute atomic E-state index is 11.6. The van der Waals surface area contributed by atoms with Gasteiger partial charge < -0.3 is 18.5 Å². The van der Waals surface area contributed by atoms with E-state index >= 15 is 0 Å². The van der Waals surface area contributed by atoms with Crippen molar-refractivity contribution in [2.75, 3.05) is 42.1 Å². The fraction of sp³-hybridized carbons (Fsp3) is 0.353. The Morgan fingerprint density at radius 3 is 2.54 bits per heavy atom. The van der Waals surface area contributed by atoms with E-state index < -0.39 is 11.3 Å². The topological polar surface area (TPSA) is 68.7 Å². The lowest BCUT2D eigenvalue weighted by atomic mass is 10.1. The molecule has 2 aromatic rings. The highest BCUT2D eigenvalue weighted by Crippen LogP contribution is 2.20. The van der Waals surface area contributed by atoms with Gasteiger partial charge in [-0.1, -0.05) is 30.3 Å². The molecular weight excluding hydrogens is 326 g/mol. The molecule has 1 aliphatic heterocycles. The normalized spacial score (nSPS) is 16.0. The van der Waals surface area contributed by atoms with Gasteiger partial charge in [0.05, 0.1) is 25.1 Å². The number of pyridine rings is 1.